The highest BCUT2D eigenvalue weighted by Gasteiger charge is 2.15. The molecule has 0 saturated carbocycles. The molecule has 0 amide bonds. The second-order valence-corrected chi connectivity index (χ2v) is 3.39. The fraction of sp³-hybridized carbons (Fsp3) is 0.222. The molecule has 0 aliphatic carbocycles. The summed E-state index contributed by atoms with van der Waals surface area (Å²) in [6, 6.07) is 6.94. The van der Waals surface area contributed by atoms with Crippen LogP contribution in [0.5, 0.6) is 5.75 Å². The summed E-state index contributed by atoms with van der Waals surface area (Å²) in [6.07, 6.45) is 0. The number of hydrogen-bond acceptors (Lipinski definition) is 2. The number of hydrogen-bond donors (Lipinski definition) is 1. The maximum absolute atomic E-state index is 10.6. The van der Waals surface area contributed by atoms with Gasteiger partial charge in [-0.1, -0.05) is 28.1 Å². The lowest BCUT2D eigenvalue weighted by molar-refractivity contribution is -0.136. The van der Waals surface area contributed by atoms with Crippen molar-refractivity contribution in [2.24, 2.45) is 0 Å². The Morgan fingerprint density at radius 1 is 1.62 bits per heavy atom. The normalized spacial score (nSPS) is 12.2. The summed E-state index contributed by atoms with van der Waals surface area (Å²) >= 11 is 3.06. The summed E-state index contributed by atoms with van der Waals surface area (Å²) < 4.78 is 4.97. The molecule has 0 heterocycles. The third-order valence-corrected chi connectivity index (χ3v) is 2.52. The molecule has 0 aliphatic rings. The van der Waals surface area contributed by atoms with Gasteiger partial charge in [-0.15, -0.1) is 0 Å². The van der Waals surface area contributed by atoms with Crippen LogP contribution in [0.1, 0.15) is 10.4 Å². The number of benzene rings is 1. The molecule has 0 radical (unpaired) electrons. The average Bonchev–Trinajstić information content (AvgIpc) is 2.16. The average molecular weight is 245 g/mol. The van der Waals surface area contributed by atoms with Crippen molar-refractivity contribution in [2.75, 3.05) is 7.11 Å². The van der Waals surface area contributed by atoms with Crippen LogP contribution in [-0.2, 0) is 4.79 Å². The highest BCUT2D eigenvalue weighted by atomic mass is 79.9. The van der Waals surface area contributed by atoms with E-state index in [1.165, 1.54) is 0 Å². The molecule has 1 unspecified atom stereocenters. The second-order valence-electron chi connectivity index (χ2n) is 2.48. The summed E-state index contributed by atoms with van der Waals surface area (Å²) in [5.74, 6) is -0.253. The van der Waals surface area contributed by atoms with E-state index in [9.17, 15) is 4.79 Å². The molecule has 13 heavy (non-hydrogen) atoms. The molecule has 0 aliphatic heterocycles. The Morgan fingerprint density at radius 2 is 2.31 bits per heavy atom. The van der Waals surface area contributed by atoms with Crippen molar-refractivity contribution in [3.63, 3.8) is 0 Å². The number of ether oxygens (including phenoxy) is 1. The van der Waals surface area contributed by atoms with Gasteiger partial charge in [0.25, 0.3) is 0 Å². The fourth-order valence-corrected chi connectivity index (χ4v) is 1.23. The van der Waals surface area contributed by atoms with Crippen molar-refractivity contribution in [1.29, 1.82) is 0 Å². The zero-order chi connectivity index (χ0) is 9.84. The molecule has 0 fully saturated rings. The van der Waals surface area contributed by atoms with Gasteiger partial charge in [0.05, 0.1) is 7.11 Å². The van der Waals surface area contributed by atoms with Crippen molar-refractivity contribution in [2.45, 2.75) is 4.83 Å². The van der Waals surface area contributed by atoms with Gasteiger partial charge in [0, 0.05) is 0 Å². The molecule has 0 aromatic heterocycles. The van der Waals surface area contributed by atoms with E-state index in [1.54, 1.807) is 31.4 Å². The van der Waals surface area contributed by atoms with E-state index in [1.807, 2.05) is 0 Å². The first-order valence-electron chi connectivity index (χ1n) is 3.66. The summed E-state index contributed by atoms with van der Waals surface area (Å²) in [4.78, 5) is 9.93. The van der Waals surface area contributed by atoms with Crippen LogP contribution in [0, 0.1) is 0 Å². The van der Waals surface area contributed by atoms with E-state index < -0.39 is 10.8 Å². The van der Waals surface area contributed by atoms with Gasteiger partial charge in [0.2, 0.25) is 0 Å². The summed E-state index contributed by atoms with van der Waals surface area (Å²) in [5.41, 5.74) is 0.673. The lowest BCUT2D eigenvalue weighted by Gasteiger charge is -2.06. The zero-order valence-corrected chi connectivity index (χ0v) is 8.61. The standard InChI is InChI=1S/C9H9BrO3/c1-13-7-4-2-3-6(5-7)8(10)9(11)12/h2-5,8H,1H3,(H,11,12). The van der Waals surface area contributed by atoms with Gasteiger partial charge < -0.3 is 9.84 Å². The highest BCUT2D eigenvalue weighted by Crippen LogP contribution is 2.25. The second kappa shape index (κ2) is 4.28. The Bertz CT molecular complexity index is 311. The monoisotopic (exact) mass is 244 g/mol. The largest absolute Gasteiger partial charge is 0.497 e. The van der Waals surface area contributed by atoms with Gasteiger partial charge in [0.1, 0.15) is 10.6 Å². The minimum atomic E-state index is -0.909. The fourth-order valence-electron chi connectivity index (χ4n) is 0.942. The third-order valence-electron chi connectivity index (χ3n) is 1.60. The number of aliphatic carboxylic acids is 1. The Morgan fingerprint density at radius 3 is 2.85 bits per heavy atom. The highest BCUT2D eigenvalue weighted by molar-refractivity contribution is 9.09. The molecule has 1 atom stereocenters. The van der Waals surface area contributed by atoms with E-state index in [0.29, 0.717) is 11.3 Å². The lowest BCUT2D eigenvalue weighted by Crippen LogP contribution is -2.04. The minimum absolute atomic E-state index is 0.656. The van der Waals surface area contributed by atoms with E-state index in [-0.39, 0.29) is 0 Å². The van der Waals surface area contributed by atoms with Crippen LogP contribution in [0.2, 0.25) is 0 Å². The molecule has 0 saturated heterocycles. The van der Waals surface area contributed by atoms with E-state index in [4.69, 9.17) is 9.84 Å². The zero-order valence-electron chi connectivity index (χ0n) is 7.03. The Kier molecular flexibility index (Phi) is 3.31. The number of alkyl halides is 1. The Balaban J connectivity index is 2.94. The van der Waals surface area contributed by atoms with Crippen LogP contribution in [0.25, 0.3) is 0 Å². The Labute approximate surface area is 84.5 Å². The molecule has 0 spiro atoms. The molecular formula is C9H9BrO3. The van der Waals surface area contributed by atoms with Gasteiger partial charge in [-0.05, 0) is 17.7 Å². The summed E-state index contributed by atoms with van der Waals surface area (Å²) in [6.45, 7) is 0. The molecule has 1 rings (SSSR count). The number of carboxylic acids is 1. The first-order valence-corrected chi connectivity index (χ1v) is 4.57. The van der Waals surface area contributed by atoms with Crippen molar-refractivity contribution >= 4 is 21.9 Å². The van der Waals surface area contributed by atoms with Gasteiger partial charge in [-0.2, -0.15) is 0 Å². The van der Waals surface area contributed by atoms with Gasteiger partial charge in [0.15, 0.2) is 0 Å². The van der Waals surface area contributed by atoms with Gasteiger partial charge >= 0.3 is 5.97 Å². The van der Waals surface area contributed by atoms with Gasteiger partial charge in [-0.3, -0.25) is 4.79 Å². The van der Waals surface area contributed by atoms with E-state index >= 15 is 0 Å². The molecule has 1 aromatic rings. The van der Waals surface area contributed by atoms with Crippen LogP contribution < -0.4 is 4.74 Å². The topological polar surface area (TPSA) is 46.5 Å². The number of halogens is 1. The van der Waals surface area contributed by atoms with Crippen LogP contribution >= 0.6 is 15.9 Å². The number of carbonyl (C=O) groups is 1. The summed E-state index contributed by atoms with van der Waals surface area (Å²) in [7, 11) is 1.54. The molecule has 4 heteroatoms. The number of rotatable bonds is 3. The van der Waals surface area contributed by atoms with Crippen molar-refractivity contribution in [3.8, 4) is 5.75 Å². The van der Waals surface area contributed by atoms with E-state index in [0.717, 1.165) is 0 Å². The Hall–Kier alpha value is -1.03. The van der Waals surface area contributed by atoms with Crippen LogP contribution in [-0.4, -0.2) is 18.2 Å². The summed E-state index contributed by atoms with van der Waals surface area (Å²) in [5, 5.41) is 8.71. The molecule has 3 nitrogen and oxygen atoms in total. The molecule has 0 bridgehead atoms. The molecule has 70 valence electrons. The van der Waals surface area contributed by atoms with Crippen LogP contribution in [0.3, 0.4) is 0 Å². The lowest BCUT2D eigenvalue weighted by atomic mass is 10.1. The smallest absolute Gasteiger partial charge is 0.321 e. The number of carboxylic acid groups (broad SMARTS) is 1. The quantitative estimate of drug-likeness (QED) is 0.830. The van der Waals surface area contributed by atoms with Crippen molar-refractivity contribution in [3.05, 3.63) is 29.8 Å². The minimum Gasteiger partial charge on any atom is -0.497 e. The van der Waals surface area contributed by atoms with Crippen LogP contribution in [0.4, 0.5) is 0 Å². The van der Waals surface area contributed by atoms with Crippen molar-refractivity contribution in [1.82, 2.24) is 0 Å². The third kappa shape index (κ3) is 2.45. The SMILES string of the molecule is COc1cccc(C(Br)C(=O)O)c1. The first kappa shape index (κ1) is 10.1. The van der Waals surface area contributed by atoms with Crippen LogP contribution in [0.15, 0.2) is 24.3 Å². The maximum Gasteiger partial charge on any atom is 0.321 e. The molecule has 1 N–H and O–H groups in total. The molecule has 1 aromatic carbocycles. The molecular weight excluding hydrogens is 236 g/mol. The number of methoxy groups -OCH3 is 1. The predicted octanol–water partition coefficient (Wildman–Crippen LogP) is 2.22. The first-order chi connectivity index (χ1) is 6.15. The predicted molar refractivity (Wildman–Crippen MR) is 52.3 cm³/mol. The van der Waals surface area contributed by atoms with Crippen molar-refractivity contribution < 1.29 is 14.6 Å². The maximum atomic E-state index is 10.6. The van der Waals surface area contributed by atoms with E-state index in [2.05, 4.69) is 15.9 Å². The van der Waals surface area contributed by atoms with Gasteiger partial charge in [-0.25, -0.2) is 0 Å².